The molecule has 4 nitrogen and oxygen atoms in total. The first-order chi connectivity index (χ1) is 9.35. The van der Waals surface area contributed by atoms with Crippen molar-refractivity contribution in [2.45, 2.75) is 33.2 Å². The Kier molecular flexibility index (Phi) is 3.95. The first-order valence-corrected chi connectivity index (χ1v) is 6.59. The fraction of sp³-hybridized carbons (Fsp3) is 0.312. The van der Waals surface area contributed by atoms with Crippen LogP contribution in [0.4, 0.5) is 0 Å². The third kappa shape index (κ3) is 3.71. The molecular weight excluding hydrogens is 252 g/mol. The lowest BCUT2D eigenvalue weighted by molar-refractivity contribution is 0.0887. The van der Waals surface area contributed by atoms with Crippen molar-refractivity contribution < 1.29 is 9.21 Å². The van der Waals surface area contributed by atoms with Crippen LogP contribution in [0.25, 0.3) is 11.3 Å². The van der Waals surface area contributed by atoms with Crippen molar-refractivity contribution in [3.05, 3.63) is 47.7 Å². The molecule has 0 aliphatic rings. The number of aryl methyl sites for hydroxylation is 1. The second kappa shape index (κ2) is 5.51. The van der Waals surface area contributed by atoms with E-state index in [0.29, 0.717) is 5.76 Å². The molecule has 1 aromatic heterocycles. The third-order valence-electron chi connectivity index (χ3n) is 2.72. The van der Waals surface area contributed by atoms with Crippen LogP contribution in [-0.4, -0.2) is 11.4 Å². The van der Waals surface area contributed by atoms with Crippen LogP contribution in [0.2, 0.25) is 0 Å². The summed E-state index contributed by atoms with van der Waals surface area (Å²) in [4.78, 5) is 11.9. The monoisotopic (exact) mass is 272 g/mol. The van der Waals surface area contributed by atoms with E-state index in [2.05, 4.69) is 10.9 Å². The van der Waals surface area contributed by atoms with Crippen molar-refractivity contribution in [3.8, 4) is 11.3 Å². The zero-order valence-electron chi connectivity index (χ0n) is 12.3. The van der Waals surface area contributed by atoms with Crippen LogP contribution in [0, 0.1) is 6.92 Å². The second-order valence-electron chi connectivity index (χ2n) is 5.86. The SMILES string of the molecule is Cc1ccc(-c2ccc(C(=O)NNC(C)(C)C)o2)cc1. The summed E-state index contributed by atoms with van der Waals surface area (Å²) in [5.74, 6) is 0.696. The van der Waals surface area contributed by atoms with Crippen molar-refractivity contribution in [3.63, 3.8) is 0 Å². The summed E-state index contributed by atoms with van der Waals surface area (Å²) in [6.45, 7) is 7.93. The number of nitrogens with one attached hydrogen (secondary N) is 2. The van der Waals surface area contributed by atoms with Crippen molar-refractivity contribution >= 4 is 5.91 Å². The highest BCUT2D eigenvalue weighted by molar-refractivity contribution is 5.91. The van der Waals surface area contributed by atoms with E-state index in [1.165, 1.54) is 5.56 Å². The van der Waals surface area contributed by atoms with Gasteiger partial charge in [0.15, 0.2) is 5.76 Å². The minimum atomic E-state index is -0.279. The van der Waals surface area contributed by atoms with E-state index >= 15 is 0 Å². The molecule has 4 heteroatoms. The molecule has 0 saturated heterocycles. The fourth-order valence-electron chi connectivity index (χ4n) is 1.64. The maximum absolute atomic E-state index is 11.9. The molecule has 0 fully saturated rings. The fourth-order valence-corrected chi connectivity index (χ4v) is 1.64. The molecule has 1 aromatic carbocycles. The molecule has 0 spiro atoms. The molecule has 1 amide bonds. The quantitative estimate of drug-likeness (QED) is 0.843. The largest absolute Gasteiger partial charge is 0.451 e. The Balaban J connectivity index is 2.09. The molecular formula is C16H20N2O2. The maximum Gasteiger partial charge on any atom is 0.301 e. The molecule has 2 aromatic rings. The molecule has 20 heavy (non-hydrogen) atoms. The minimum absolute atomic E-state index is 0.192. The van der Waals surface area contributed by atoms with Crippen molar-refractivity contribution in [1.82, 2.24) is 10.9 Å². The molecule has 0 saturated carbocycles. The molecule has 106 valence electrons. The van der Waals surface area contributed by atoms with Crippen molar-refractivity contribution in [1.29, 1.82) is 0 Å². The number of hydrogen-bond acceptors (Lipinski definition) is 3. The lowest BCUT2D eigenvalue weighted by Crippen LogP contribution is -2.48. The van der Waals surface area contributed by atoms with Crippen LogP contribution in [0.1, 0.15) is 36.9 Å². The van der Waals surface area contributed by atoms with Crippen molar-refractivity contribution in [2.24, 2.45) is 0 Å². The van der Waals surface area contributed by atoms with Gasteiger partial charge in [-0.05, 0) is 39.8 Å². The van der Waals surface area contributed by atoms with Gasteiger partial charge >= 0.3 is 5.91 Å². The molecule has 2 rings (SSSR count). The van der Waals surface area contributed by atoms with E-state index in [1.807, 2.05) is 52.0 Å². The highest BCUT2D eigenvalue weighted by atomic mass is 16.4. The minimum Gasteiger partial charge on any atom is -0.451 e. The molecule has 0 atom stereocenters. The van der Waals surface area contributed by atoms with E-state index in [4.69, 9.17) is 4.42 Å². The van der Waals surface area contributed by atoms with Gasteiger partial charge in [-0.2, -0.15) is 0 Å². The maximum atomic E-state index is 11.9. The summed E-state index contributed by atoms with van der Waals surface area (Å²) < 4.78 is 5.58. The predicted octanol–water partition coefficient (Wildman–Crippen LogP) is 3.29. The van der Waals surface area contributed by atoms with Crippen LogP contribution in [0.5, 0.6) is 0 Å². The van der Waals surface area contributed by atoms with Gasteiger partial charge in [0, 0.05) is 11.1 Å². The van der Waals surface area contributed by atoms with Gasteiger partial charge < -0.3 is 4.42 Å². The Labute approximate surface area is 119 Å². The normalized spacial score (nSPS) is 11.4. The van der Waals surface area contributed by atoms with Crippen LogP contribution in [0.15, 0.2) is 40.8 Å². The zero-order valence-corrected chi connectivity index (χ0v) is 12.3. The number of hydrogen-bond donors (Lipinski definition) is 2. The van der Waals surface area contributed by atoms with Gasteiger partial charge in [0.1, 0.15) is 5.76 Å². The molecule has 0 aliphatic carbocycles. The van der Waals surface area contributed by atoms with E-state index in [9.17, 15) is 4.79 Å². The van der Waals surface area contributed by atoms with Crippen molar-refractivity contribution in [2.75, 3.05) is 0 Å². The summed E-state index contributed by atoms with van der Waals surface area (Å²) in [5, 5.41) is 0. The van der Waals surface area contributed by atoms with Crippen LogP contribution in [-0.2, 0) is 0 Å². The number of carbonyl (C=O) groups excluding carboxylic acids is 1. The molecule has 0 bridgehead atoms. The van der Waals surface area contributed by atoms with Crippen LogP contribution >= 0.6 is 0 Å². The number of hydrazine groups is 1. The van der Waals surface area contributed by atoms with E-state index in [-0.39, 0.29) is 17.2 Å². The van der Waals surface area contributed by atoms with Gasteiger partial charge in [-0.1, -0.05) is 29.8 Å². The lowest BCUT2D eigenvalue weighted by atomic mass is 10.1. The average Bonchev–Trinajstić information content (AvgIpc) is 2.85. The third-order valence-corrected chi connectivity index (χ3v) is 2.72. The summed E-state index contributed by atoms with van der Waals surface area (Å²) in [7, 11) is 0. The molecule has 0 unspecified atom stereocenters. The highest BCUT2D eigenvalue weighted by Crippen LogP contribution is 2.22. The first kappa shape index (κ1) is 14.3. The van der Waals surface area contributed by atoms with Crippen LogP contribution < -0.4 is 10.9 Å². The molecule has 0 radical (unpaired) electrons. The summed E-state index contributed by atoms with van der Waals surface area (Å²) in [6.07, 6.45) is 0. The van der Waals surface area contributed by atoms with E-state index in [0.717, 1.165) is 5.56 Å². The standard InChI is InChI=1S/C16H20N2O2/c1-11-5-7-12(8-6-11)13-9-10-14(20-13)15(19)17-18-16(2,3)4/h5-10,18H,1-4H3,(H,17,19). The number of furan rings is 1. The number of benzene rings is 1. The predicted molar refractivity (Wildman–Crippen MR) is 79.2 cm³/mol. The van der Waals surface area contributed by atoms with Gasteiger partial charge in [-0.15, -0.1) is 0 Å². The van der Waals surface area contributed by atoms with Gasteiger partial charge in [0.2, 0.25) is 0 Å². The Bertz CT molecular complexity index is 592. The summed E-state index contributed by atoms with van der Waals surface area (Å²) in [6, 6.07) is 11.5. The summed E-state index contributed by atoms with van der Waals surface area (Å²) >= 11 is 0. The lowest BCUT2D eigenvalue weighted by Gasteiger charge is -2.20. The Morgan fingerprint density at radius 1 is 1.05 bits per heavy atom. The van der Waals surface area contributed by atoms with Gasteiger partial charge in [-0.25, -0.2) is 5.43 Å². The Hall–Kier alpha value is -2.07. The van der Waals surface area contributed by atoms with E-state index in [1.54, 1.807) is 12.1 Å². The van der Waals surface area contributed by atoms with Gasteiger partial charge in [0.25, 0.3) is 0 Å². The smallest absolute Gasteiger partial charge is 0.301 e. The highest BCUT2D eigenvalue weighted by Gasteiger charge is 2.15. The Morgan fingerprint density at radius 3 is 2.30 bits per heavy atom. The van der Waals surface area contributed by atoms with Gasteiger partial charge in [0.05, 0.1) is 0 Å². The summed E-state index contributed by atoms with van der Waals surface area (Å²) in [5.41, 5.74) is 7.50. The first-order valence-electron chi connectivity index (χ1n) is 6.59. The molecule has 0 aliphatic heterocycles. The van der Waals surface area contributed by atoms with Gasteiger partial charge in [-0.3, -0.25) is 10.2 Å². The zero-order chi connectivity index (χ0) is 14.8. The van der Waals surface area contributed by atoms with Crippen LogP contribution in [0.3, 0.4) is 0 Å². The van der Waals surface area contributed by atoms with E-state index < -0.39 is 0 Å². The topological polar surface area (TPSA) is 54.3 Å². The number of amides is 1. The second-order valence-corrected chi connectivity index (χ2v) is 5.86. The molecule has 1 heterocycles. The molecule has 2 N–H and O–H groups in total. The Morgan fingerprint density at radius 2 is 1.70 bits per heavy atom. The number of carbonyl (C=O) groups is 1. The number of rotatable bonds is 3. The average molecular weight is 272 g/mol.